The Morgan fingerprint density at radius 1 is 1.38 bits per heavy atom. The number of thiophene rings is 1. The summed E-state index contributed by atoms with van der Waals surface area (Å²) < 4.78 is 2.58. The summed E-state index contributed by atoms with van der Waals surface area (Å²) in [5.74, 6) is -0.511. The molecule has 0 aliphatic carbocycles. The van der Waals surface area contributed by atoms with Crippen molar-refractivity contribution in [3.63, 3.8) is 0 Å². The van der Waals surface area contributed by atoms with Crippen LogP contribution in [0.3, 0.4) is 0 Å². The number of amides is 1. The van der Waals surface area contributed by atoms with Gasteiger partial charge in [0.2, 0.25) is 0 Å². The molecule has 11 heteroatoms. The fourth-order valence-electron chi connectivity index (χ4n) is 4.35. The van der Waals surface area contributed by atoms with E-state index in [2.05, 4.69) is 9.97 Å². The van der Waals surface area contributed by atoms with E-state index in [-0.39, 0.29) is 30.1 Å². The molecule has 1 aliphatic heterocycles. The number of aromatic nitrogens is 4. The summed E-state index contributed by atoms with van der Waals surface area (Å²) in [6.45, 7) is 5.25. The Morgan fingerprint density at radius 2 is 2.15 bits per heavy atom. The molecule has 34 heavy (non-hydrogen) atoms. The number of nitrogens with one attached hydrogen (secondary N) is 1. The molecular formula is C23H25N5O5S. The number of pyridine rings is 1. The first-order chi connectivity index (χ1) is 16.1. The van der Waals surface area contributed by atoms with E-state index in [0.717, 1.165) is 26.2 Å². The van der Waals surface area contributed by atoms with Gasteiger partial charge in [-0.05, 0) is 38.5 Å². The third-order valence-corrected chi connectivity index (χ3v) is 7.24. The summed E-state index contributed by atoms with van der Waals surface area (Å²) in [6.07, 6.45) is 3.88. The molecule has 0 saturated carbocycles. The van der Waals surface area contributed by atoms with Gasteiger partial charge in [0.25, 0.3) is 11.5 Å². The van der Waals surface area contributed by atoms with Gasteiger partial charge in [-0.2, -0.15) is 0 Å². The first-order valence-corrected chi connectivity index (χ1v) is 11.8. The Kier molecular flexibility index (Phi) is 5.23. The Labute approximate surface area is 198 Å². The lowest BCUT2D eigenvalue weighted by atomic mass is 10.1. The van der Waals surface area contributed by atoms with E-state index in [0.29, 0.717) is 16.1 Å². The van der Waals surface area contributed by atoms with E-state index in [1.807, 2.05) is 32.2 Å². The number of aliphatic hydroxyl groups is 1. The first-order valence-electron chi connectivity index (χ1n) is 10.9. The minimum absolute atomic E-state index is 0.0241. The first kappa shape index (κ1) is 22.5. The van der Waals surface area contributed by atoms with Gasteiger partial charge in [-0.25, -0.2) is 14.8 Å². The summed E-state index contributed by atoms with van der Waals surface area (Å²) in [6, 6.07) is 3.55. The van der Waals surface area contributed by atoms with Gasteiger partial charge in [0.1, 0.15) is 22.7 Å². The second-order valence-corrected chi connectivity index (χ2v) is 10.3. The van der Waals surface area contributed by atoms with Gasteiger partial charge in [-0.1, -0.05) is 0 Å². The van der Waals surface area contributed by atoms with Crippen LogP contribution in [0, 0.1) is 0 Å². The van der Waals surface area contributed by atoms with Gasteiger partial charge >= 0.3 is 5.69 Å². The van der Waals surface area contributed by atoms with Crippen molar-refractivity contribution in [1.82, 2.24) is 24.2 Å². The highest BCUT2D eigenvalue weighted by atomic mass is 32.1. The molecule has 0 spiro atoms. The Hall–Kier alpha value is -3.28. The van der Waals surface area contributed by atoms with Gasteiger partial charge in [-0.15, -0.1) is 11.3 Å². The number of carbonyl (C=O) groups is 1. The van der Waals surface area contributed by atoms with Crippen LogP contribution in [0.5, 0.6) is 0 Å². The van der Waals surface area contributed by atoms with E-state index in [1.54, 1.807) is 17.7 Å². The van der Waals surface area contributed by atoms with Crippen LogP contribution in [-0.4, -0.2) is 53.9 Å². The number of H-pyrrole nitrogens is 1. The number of hydrogen-bond acceptors (Lipinski definition) is 7. The molecular weight excluding hydrogens is 458 g/mol. The van der Waals surface area contributed by atoms with Gasteiger partial charge in [0, 0.05) is 42.2 Å². The molecule has 0 radical (unpaired) electrons. The molecule has 10 nitrogen and oxygen atoms in total. The molecule has 1 aliphatic rings. The van der Waals surface area contributed by atoms with E-state index in [4.69, 9.17) is 4.84 Å². The van der Waals surface area contributed by atoms with Crippen molar-refractivity contribution in [2.75, 3.05) is 13.2 Å². The fourth-order valence-corrected chi connectivity index (χ4v) is 5.78. The quantitative estimate of drug-likeness (QED) is 0.458. The van der Waals surface area contributed by atoms with Crippen molar-refractivity contribution < 1.29 is 14.7 Å². The summed E-state index contributed by atoms with van der Waals surface area (Å²) in [7, 11) is 1.41. The number of carbonyl (C=O) groups excluding carboxylic acids is 1. The molecule has 1 saturated heterocycles. The van der Waals surface area contributed by atoms with Gasteiger partial charge in [0.05, 0.1) is 17.5 Å². The zero-order valence-electron chi connectivity index (χ0n) is 19.3. The molecule has 0 unspecified atom stereocenters. The Bertz CT molecular complexity index is 1560. The minimum atomic E-state index is -1.19. The fraction of sp³-hybridized carbons (Fsp3) is 0.391. The second kappa shape index (κ2) is 7.90. The number of fused-ring (bicyclic) bond motifs is 2. The van der Waals surface area contributed by atoms with Crippen LogP contribution in [0.2, 0.25) is 0 Å². The lowest BCUT2D eigenvalue weighted by molar-refractivity contribution is -0.0796. The van der Waals surface area contributed by atoms with Crippen molar-refractivity contribution in [3.05, 3.63) is 61.4 Å². The van der Waals surface area contributed by atoms with Crippen LogP contribution < -0.4 is 11.2 Å². The molecule has 178 valence electrons. The SMILES string of the molecule is CC(C)n1c(=O)n(C)c(=O)c2c(C(=O)N3C[C@](C)(O)CO3)c(Cc3c[nH]c4ncccc34)sc21. The standard InChI is InChI=1S/C23H25N5O5S/c1-12(2)28-21-17(19(29)26(4)22(28)31)16(20(30)27-10-23(3,32)11-33-27)15(34-21)8-13-9-25-18-14(13)6-5-7-24-18/h5-7,9,12,32H,8,10-11H2,1-4H3,(H,24,25)/t23-/m0/s1. The monoisotopic (exact) mass is 483 g/mol. The normalized spacial score (nSPS) is 18.6. The average Bonchev–Trinajstić information content (AvgIpc) is 3.47. The van der Waals surface area contributed by atoms with Crippen LogP contribution >= 0.6 is 11.3 Å². The van der Waals surface area contributed by atoms with Crippen LogP contribution in [0.4, 0.5) is 0 Å². The highest BCUT2D eigenvalue weighted by molar-refractivity contribution is 7.19. The van der Waals surface area contributed by atoms with E-state index >= 15 is 0 Å². The summed E-state index contributed by atoms with van der Waals surface area (Å²) in [4.78, 5) is 54.0. The predicted octanol–water partition coefficient (Wildman–Crippen LogP) is 1.95. The van der Waals surface area contributed by atoms with Crippen LogP contribution in [0.25, 0.3) is 21.3 Å². The molecule has 0 bridgehead atoms. The zero-order chi connectivity index (χ0) is 24.4. The van der Waals surface area contributed by atoms with Gasteiger partial charge in [0.15, 0.2) is 0 Å². The molecule has 5 rings (SSSR count). The molecule has 0 aromatic carbocycles. The molecule has 1 amide bonds. The summed E-state index contributed by atoms with van der Waals surface area (Å²) in [5, 5.41) is 12.5. The van der Waals surface area contributed by atoms with Crippen molar-refractivity contribution in [2.24, 2.45) is 7.05 Å². The van der Waals surface area contributed by atoms with Crippen molar-refractivity contribution in [3.8, 4) is 0 Å². The molecule has 2 N–H and O–H groups in total. The van der Waals surface area contributed by atoms with Crippen LogP contribution in [0.1, 0.15) is 47.6 Å². The molecule has 1 atom stereocenters. The third-order valence-electron chi connectivity index (χ3n) is 6.05. The maximum atomic E-state index is 13.7. The number of nitrogens with zero attached hydrogens (tertiary/aromatic N) is 4. The zero-order valence-corrected chi connectivity index (χ0v) is 20.1. The van der Waals surface area contributed by atoms with Gasteiger partial charge in [-0.3, -0.25) is 23.6 Å². The van der Waals surface area contributed by atoms with Crippen molar-refractivity contribution in [1.29, 1.82) is 0 Å². The number of β-amino-alcohol motifs (C(OH)–C–C–N with tert-alkyl or cyclic N) is 1. The summed E-state index contributed by atoms with van der Waals surface area (Å²) >= 11 is 1.26. The minimum Gasteiger partial charge on any atom is -0.386 e. The number of hydrogen-bond donors (Lipinski definition) is 2. The topological polar surface area (TPSA) is 122 Å². The maximum absolute atomic E-state index is 13.7. The highest BCUT2D eigenvalue weighted by Gasteiger charge is 2.38. The molecule has 4 aromatic heterocycles. The van der Waals surface area contributed by atoms with Crippen molar-refractivity contribution in [2.45, 2.75) is 38.8 Å². The molecule has 1 fully saturated rings. The van der Waals surface area contributed by atoms with Gasteiger partial charge < -0.3 is 10.1 Å². The van der Waals surface area contributed by atoms with E-state index < -0.39 is 22.8 Å². The Morgan fingerprint density at radius 3 is 2.82 bits per heavy atom. The van der Waals surface area contributed by atoms with Crippen LogP contribution in [-0.2, 0) is 18.3 Å². The lowest BCUT2D eigenvalue weighted by Crippen LogP contribution is -2.39. The predicted molar refractivity (Wildman–Crippen MR) is 128 cm³/mol. The lowest BCUT2D eigenvalue weighted by Gasteiger charge is -2.17. The van der Waals surface area contributed by atoms with E-state index in [1.165, 1.54) is 18.4 Å². The number of rotatable bonds is 4. The summed E-state index contributed by atoms with van der Waals surface area (Å²) in [5.41, 5.74) is -0.320. The molecule has 5 heterocycles. The Balaban J connectivity index is 1.77. The second-order valence-electron chi connectivity index (χ2n) is 9.19. The van der Waals surface area contributed by atoms with E-state index in [9.17, 15) is 19.5 Å². The number of aromatic amines is 1. The van der Waals surface area contributed by atoms with Crippen LogP contribution in [0.15, 0.2) is 34.1 Å². The molecule has 4 aromatic rings. The maximum Gasteiger partial charge on any atom is 0.332 e. The largest absolute Gasteiger partial charge is 0.386 e. The third kappa shape index (κ3) is 3.47. The highest BCUT2D eigenvalue weighted by Crippen LogP contribution is 2.35. The smallest absolute Gasteiger partial charge is 0.332 e. The average molecular weight is 484 g/mol. The van der Waals surface area contributed by atoms with Crippen molar-refractivity contribution >= 4 is 38.5 Å². The number of hydroxylamine groups is 2.